The first kappa shape index (κ1) is 23.8. The van der Waals surface area contributed by atoms with Crippen molar-refractivity contribution >= 4 is 71.8 Å². The van der Waals surface area contributed by atoms with Crippen LogP contribution in [0.5, 0.6) is 0 Å². The Kier molecular flexibility index (Phi) is 11.7. The van der Waals surface area contributed by atoms with E-state index in [1.54, 1.807) is 16.7 Å². The minimum Gasteiger partial charge on any atom is -0.374 e. The molecule has 0 aliphatic carbocycles. The maximum Gasteiger partial charge on any atom is 0.197 e. The fourth-order valence-corrected chi connectivity index (χ4v) is 2.32. The number of thioether (sulfide) groups is 1. The molecule has 2 rings (SSSR count). The number of benzene rings is 2. The van der Waals surface area contributed by atoms with Crippen LogP contribution in [0.3, 0.4) is 0 Å². The van der Waals surface area contributed by atoms with E-state index in [-0.39, 0.29) is 32.2 Å². The molecule has 0 aliphatic rings. The fraction of sp³-hybridized carbons (Fsp3) is 0.222. The number of thiocarbonyl (C=S) groups is 1. The first-order chi connectivity index (χ1) is 11.4. The van der Waals surface area contributed by atoms with E-state index in [4.69, 9.17) is 23.4 Å². The van der Waals surface area contributed by atoms with E-state index in [2.05, 4.69) is 5.32 Å². The van der Waals surface area contributed by atoms with Crippen LogP contribution in [0.4, 0.5) is 11.4 Å². The molecule has 4 N–H and O–H groups in total. The van der Waals surface area contributed by atoms with E-state index < -0.39 is 0 Å². The number of para-hydroxylation sites is 2. The molecule has 2 aromatic rings. The van der Waals surface area contributed by atoms with Gasteiger partial charge in [-0.25, -0.2) is 0 Å². The Morgan fingerprint density at radius 1 is 1.04 bits per heavy atom. The Morgan fingerprint density at radius 2 is 1.44 bits per heavy atom. The summed E-state index contributed by atoms with van der Waals surface area (Å²) < 4.78 is 0.843. The minimum absolute atomic E-state index is 0. The zero-order valence-corrected chi connectivity index (χ0v) is 20.0. The van der Waals surface area contributed by atoms with Gasteiger partial charge in [-0.1, -0.05) is 48.6 Å². The van der Waals surface area contributed by atoms with Crippen LogP contribution in [-0.2, 0) is 0 Å². The van der Waals surface area contributed by atoms with Gasteiger partial charge in [-0.2, -0.15) is 0 Å². The standard InChI is InChI=1S/C15H17N3.C3H7NS2.Bi/c1-11-7-3-5-9-13(11)18(15(16)17)14-10-6-4-8-12(14)2;1-4-3(5)6-2;/h3-10H,1-2H3,(H3,16,17);1-2H3,(H,4,5);. The molecule has 2 aromatic carbocycles. The molecule has 25 heavy (non-hydrogen) atoms. The molecule has 0 fully saturated rings. The van der Waals surface area contributed by atoms with Crippen LogP contribution in [0.25, 0.3) is 0 Å². The fourth-order valence-electron chi connectivity index (χ4n) is 2.12. The van der Waals surface area contributed by atoms with Gasteiger partial charge >= 0.3 is 0 Å². The topological polar surface area (TPSA) is 65.1 Å². The maximum absolute atomic E-state index is 7.82. The van der Waals surface area contributed by atoms with Crippen molar-refractivity contribution < 1.29 is 0 Å². The molecule has 7 heteroatoms. The Morgan fingerprint density at radius 3 is 1.68 bits per heavy atom. The summed E-state index contributed by atoms with van der Waals surface area (Å²) in [5.41, 5.74) is 9.82. The molecule has 0 saturated carbocycles. The second kappa shape index (κ2) is 12.2. The van der Waals surface area contributed by atoms with Gasteiger partial charge in [0.15, 0.2) is 5.96 Å². The van der Waals surface area contributed by atoms with Gasteiger partial charge in [0.25, 0.3) is 0 Å². The van der Waals surface area contributed by atoms with Crippen molar-refractivity contribution in [3.05, 3.63) is 59.7 Å². The first-order valence-corrected chi connectivity index (χ1v) is 9.06. The second-order valence-corrected chi connectivity index (χ2v) is 6.52. The molecule has 0 amide bonds. The van der Waals surface area contributed by atoms with Gasteiger partial charge in [0.2, 0.25) is 0 Å². The number of nitrogens with two attached hydrogens (primary N) is 1. The number of nitrogens with one attached hydrogen (secondary N) is 2. The summed E-state index contributed by atoms with van der Waals surface area (Å²) in [6.07, 6.45) is 1.94. The van der Waals surface area contributed by atoms with Gasteiger partial charge < -0.3 is 11.1 Å². The molecule has 0 aromatic heterocycles. The van der Waals surface area contributed by atoms with Crippen LogP contribution in [0.1, 0.15) is 11.1 Å². The van der Waals surface area contributed by atoms with Crippen LogP contribution < -0.4 is 16.0 Å². The molecule has 3 radical (unpaired) electrons. The molecule has 0 unspecified atom stereocenters. The first-order valence-electron chi connectivity index (χ1n) is 7.43. The number of hydrogen-bond donors (Lipinski definition) is 3. The van der Waals surface area contributed by atoms with E-state index in [1.807, 2.05) is 75.7 Å². The largest absolute Gasteiger partial charge is 0.374 e. The van der Waals surface area contributed by atoms with Gasteiger partial charge in [0.1, 0.15) is 4.32 Å². The van der Waals surface area contributed by atoms with E-state index in [1.165, 1.54) is 0 Å². The number of hydrogen-bond acceptors (Lipinski definition) is 3. The van der Waals surface area contributed by atoms with E-state index in [9.17, 15) is 0 Å². The Balaban J connectivity index is 0.000000715. The van der Waals surface area contributed by atoms with Crippen LogP contribution in [0.15, 0.2) is 48.5 Å². The van der Waals surface area contributed by atoms with Gasteiger partial charge in [-0.15, -0.1) is 11.8 Å². The second-order valence-electron chi connectivity index (χ2n) is 5.04. The predicted octanol–water partition coefficient (Wildman–Crippen LogP) is 3.81. The molecule has 133 valence electrons. The number of nitrogens with zero attached hydrogens (tertiary/aromatic N) is 1. The molecule has 0 aliphatic heterocycles. The van der Waals surface area contributed by atoms with Crippen molar-refractivity contribution in [1.29, 1.82) is 5.41 Å². The van der Waals surface area contributed by atoms with Crippen molar-refractivity contribution in [2.24, 2.45) is 5.73 Å². The van der Waals surface area contributed by atoms with Crippen molar-refractivity contribution in [2.45, 2.75) is 13.8 Å². The zero-order chi connectivity index (χ0) is 18.1. The smallest absolute Gasteiger partial charge is 0.197 e. The van der Waals surface area contributed by atoms with E-state index in [0.717, 1.165) is 26.8 Å². The average molecular weight is 570 g/mol. The Hall–Kier alpha value is -1.17. The zero-order valence-electron chi connectivity index (χ0n) is 14.9. The summed E-state index contributed by atoms with van der Waals surface area (Å²) in [6, 6.07) is 15.9. The SMILES string of the molecule is CNC(=S)SC.Cc1ccccc1N(C(=N)N)c1ccccc1C.[Bi]. The van der Waals surface area contributed by atoms with Gasteiger partial charge in [-0.3, -0.25) is 10.3 Å². The van der Waals surface area contributed by atoms with Crippen molar-refractivity contribution in [2.75, 3.05) is 18.2 Å². The summed E-state index contributed by atoms with van der Waals surface area (Å²) >= 11 is 6.25. The molecule has 0 heterocycles. The summed E-state index contributed by atoms with van der Waals surface area (Å²) in [7, 11) is 1.82. The van der Waals surface area contributed by atoms with Crippen LogP contribution in [-0.4, -0.2) is 49.8 Å². The monoisotopic (exact) mass is 569 g/mol. The number of rotatable bonds is 2. The molecule has 0 spiro atoms. The molecule has 0 saturated heterocycles. The van der Waals surface area contributed by atoms with Gasteiger partial charge in [0, 0.05) is 33.3 Å². The third-order valence-corrected chi connectivity index (χ3v) is 4.62. The van der Waals surface area contributed by atoms with Gasteiger partial charge in [-0.05, 0) is 43.4 Å². The summed E-state index contributed by atoms with van der Waals surface area (Å²) in [5, 5.41) is 10.6. The van der Waals surface area contributed by atoms with Crippen molar-refractivity contribution in [3.8, 4) is 0 Å². The molecule has 0 atom stereocenters. The molecular weight excluding hydrogens is 545 g/mol. The Bertz CT molecular complexity index is 655. The van der Waals surface area contributed by atoms with E-state index >= 15 is 0 Å². The molecule has 0 bridgehead atoms. The summed E-state index contributed by atoms with van der Waals surface area (Å²) in [5.74, 6) is 0.0265. The van der Waals surface area contributed by atoms with Crippen LogP contribution in [0.2, 0.25) is 0 Å². The van der Waals surface area contributed by atoms with Crippen LogP contribution in [0, 0.1) is 19.3 Å². The number of anilines is 2. The Labute approximate surface area is 179 Å². The number of guanidine groups is 1. The third kappa shape index (κ3) is 7.30. The summed E-state index contributed by atoms with van der Waals surface area (Å²) in [4.78, 5) is 1.77. The van der Waals surface area contributed by atoms with Crippen LogP contribution >= 0.6 is 24.0 Å². The number of aryl methyl sites for hydroxylation is 2. The summed E-state index contributed by atoms with van der Waals surface area (Å²) in [6.45, 7) is 4.03. The predicted molar refractivity (Wildman–Crippen MR) is 117 cm³/mol. The molecule has 4 nitrogen and oxygen atoms in total. The van der Waals surface area contributed by atoms with Gasteiger partial charge in [0.05, 0.1) is 11.4 Å². The minimum atomic E-state index is 0. The normalized spacial score (nSPS) is 9.12. The van der Waals surface area contributed by atoms with Crippen molar-refractivity contribution in [1.82, 2.24) is 5.32 Å². The third-order valence-electron chi connectivity index (χ3n) is 3.34. The van der Waals surface area contributed by atoms with Crippen molar-refractivity contribution in [3.63, 3.8) is 0 Å². The quantitative estimate of drug-likeness (QED) is 0.222. The van der Waals surface area contributed by atoms with E-state index in [0.29, 0.717) is 0 Å². The maximum atomic E-state index is 7.82. The molecular formula is C18H24BiN4S2. The average Bonchev–Trinajstić information content (AvgIpc) is 2.58.